The summed E-state index contributed by atoms with van der Waals surface area (Å²) in [6.45, 7) is 2.15. The van der Waals surface area contributed by atoms with Crippen molar-refractivity contribution in [3.8, 4) is 11.4 Å². The van der Waals surface area contributed by atoms with E-state index in [1.54, 1.807) is 49.4 Å². The molecular formula is C30H26ClN3O3S. The summed E-state index contributed by atoms with van der Waals surface area (Å²) in [5, 5.41) is 2.13. The number of aromatic nitrogens is 2. The quantitative estimate of drug-likeness (QED) is 0.241. The van der Waals surface area contributed by atoms with Gasteiger partial charge in [-0.05, 0) is 53.6 Å². The van der Waals surface area contributed by atoms with Crippen LogP contribution in [0.2, 0.25) is 5.02 Å². The maximum Gasteiger partial charge on any atom is 0.247 e. The number of rotatable bonds is 8. The van der Waals surface area contributed by atoms with Crippen LogP contribution in [-0.2, 0) is 21.2 Å². The van der Waals surface area contributed by atoms with Gasteiger partial charge in [0, 0.05) is 28.6 Å². The van der Waals surface area contributed by atoms with Crippen LogP contribution >= 0.6 is 11.6 Å². The van der Waals surface area contributed by atoms with E-state index >= 15 is 0 Å². The fourth-order valence-corrected chi connectivity index (χ4v) is 5.93. The number of hydrogen-bond donors (Lipinski definition) is 1. The van der Waals surface area contributed by atoms with E-state index in [0.29, 0.717) is 22.8 Å². The minimum atomic E-state index is -3.67. The van der Waals surface area contributed by atoms with Gasteiger partial charge in [-0.15, -0.1) is 0 Å². The van der Waals surface area contributed by atoms with Crippen LogP contribution in [0.25, 0.3) is 22.4 Å². The Morgan fingerprint density at radius 3 is 2.24 bits per heavy atom. The second-order valence-corrected chi connectivity index (χ2v) is 11.8. The van der Waals surface area contributed by atoms with Gasteiger partial charge < -0.3 is 9.88 Å². The van der Waals surface area contributed by atoms with Crippen molar-refractivity contribution in [2.45, 2.75) is 18.7 Å². The van der Waals surface area contributed by atoms with Gasteiger partial charge in [0.25, 0.3) is 0 Å². The number of amides is 1. The van der Waals surface area contributed by atoms with Gasteiger partial charge in [-0.2, -0.15) is 0 Å². The third-order valence-corrected chi connectivity index (χ3v) is 8.65. The molecule has 1 amide bonds. The summed E-state index contributed by atoms with van der Waals surface area (Å²) in [5.74, 6) is 0.0390. The van der Waals surface area contributed by atoms with Crippen molar-refractivity contribution in [2.24, 2.45) is 0 Å². The highest BCUT2D eigenvalue weighted by Gasteiger charge is 2.32. The van der Waals surface area contributed by atoms with Crippen molar-refractivity contribution in [1.29, 1.82) is 0 Å². The Labute approximate surface area is 226 Å². The first-order valence-corrected chi connectivity index (χ1v) is 14.3. The molecule has 4 aromatic carbocycles. The SMILES string of the molecule is CCS(=O)(=O)C(C(=O)Nc1ccc(-c2nc3ccc(Cl)cc3n2Cc2ccccc2)cc1)c1ccccc1. The fourth-order valence-electron chi connectivity index (χ4n) is 4.47. The molecule has 0 aliphatic rings. The first-order valence-electron chi connectivity index (χ1n) is 12.2. The van der Waals surface area contributed by atoms with E-state index in [0.717, 1.165) is 28.0 Å². The molecule has 1 heterocycles. The molecule has 1 atom stereocenters. The Balaban J connectivity index is 1.46. The predicted molar refractivity (Wildman–Crippen MR) is 153 cm³/mol. The summed E-state index contributed by atoms with van der Waals surface area (Å²) < 4.78 is 27.7. The summed E-state index contributed by atoms with van der Waals surface area (Å²) in [5.41, 5.74) is 4.67. The van der Waals surface area contributed by atoms with E-state index < -0.39 is 21.0 Å². The normalized spacial score (nSPS) is 12.4. The first-order chi connectivity index (χ1) is 18.4. The summed E-state index contributed by atoms with van der Waals surface area (Å²) in [6, 6.07) is 31.5. The molecule has 0 radical (unpaired) electrons. The second-order valence-electron chi connectivity index (χ2n) is 8.95. The van der Waals surface area contributed by atoms with E-state index in [2.05, 4.69) is 22.0 Å². The van der Waals surface area contributed by atoms with Gasteiger partial charge >= 0.3 is 0 Å². The summed E-state index contributed by atoms with van der Waals surface area (Å²) in [7, 11) is -3.67. The van der Waals surface area contributed by atoms with E-state index in [1.165, 1.54) is 0 Å². The van der Waals surface area contributed by atoms with Crippen LogP contribution in [0.15, 0.2) is 103 Å². The van der Waals surface area contributed by atoms with Crippen LogP contribution < -0.4 is 5.32 Å². The Hall–Kier alpha value is -3.94. The molecule has 1 aromatic heterocycles. The molecule has 1 unspecified atom stereocenters. The van der Waals surface area contributed by atoms with Gasteiger partial charge in [0.2, 0.25) is 5.91 Å². The Morgan fingerprint density at radius 1 is 0.921 bits per heavy atom. The molecule has 1 N–H and O–H groups in total. The van der Waals surface area contributed by atoms with Crippen molar-refractivity contribution < 1.29 is 13.2 Å². The average molecular weight is 544 g/mol. The van der Waals surface area contributed by atoms with Crippen molar-refractivity contribution in [2.75, 3.05) is 11.1 Å². The van der Waals surface area contributed by atoms with E-state index in [4.69, 9.17) is 16.6 Å². The molecular weight excluding hydrogens is 518 g/mol. The molecule has 0 aliphatic carbocycles. The zero-order valence-corrected chi connectivity index (χ0v) is 22.3. The summed E-state index contributed by atoms with van der Waals surface area (Å²) in [4.78, 5) is 18.0. The third kappa shape index (κ3) is 5.35. The maximum absolute atomic E-state index is 13.2. The van der Waals surface area contributed by atoms with Gasteiger partial charge in [0.1, 0.15) is 5.82 Å². The largest absolute Gasteiger partial charge is 0.325 e. The van der Waals surface area contributed by atoms with Gasteiger partial charge in [-0.1, -0.05) is 79.2 Å². The lowest BCUT2D eigenvalue weighted by Crippen LogP contribution is -2.29. The number of hydrogen-bond acceptors (Lipinski definition) is 4. The highest BCUT2D eigenvalue weighted by atomic mass is 35.5. The van der Waals surface area contributed by atoms with Gasteiger partial charge in [0.05, 0.1) is 11.0 Å². The van der Waals surface area contributed by atoms with Crippen LogP contribution in [0.3, 0.4) is 0 Å². The standard InChI is InChI=1S/C30H26ClN3O3S/c1-2-38(36,37)28(22-11-7-4-8-12-22)30(35)32-25-16-13-23(14-17-25)29-33-26-18-15-24(31)19-27(26)34(29)20-21-9-5-3-6-10-21/h3-19,28H,2,20H2,1H3,(H,32,35). The second kappa shape index (κ2) is 10.8. The molecule has 0 saturated carbocycles. The van der Waals surface area contributed by atoms with Crippen LogP contribution in [0.4, 0.5) is 5.69 Å². The third-order valence-electron chi connectivity index (χ3n) is 6.41. The Kier molecular flexibility index (Phi) is 7.31. The zero-order valence-electron chi connectivity index (χ0n) is 20.7. The lowest BCUT2D eigenvalue weighted by Gasteiger charge is -2.17. The smallest absolute Gasteiger partial charge is 0.247 e. The fraction of sp³-hybridized carbons (Fsp3) is 0.133. The minimum Gasteiger partial charge on any atom is -0.325 e. The monoisotopic (exact) mass is 543 g/mol. The number of nitrogens with zero attached hydrogens (tertiary/aromatic N) is 2. The van der Waals surface area contributed by atoms with Crippen LogP contribution in [0.1, 0.15) is 23.3 Å². The highest BCUT2D eigenvalue weighted by molar-refractivity contribution is 7.92. The molecule has 5 rings (SSSR count). The number of fused-ring (bicyclic) bond motifs is 1. The van der Waals surface area contributed by atoms with E-state index in [-0.39, 0.29) is 5.75 Å². The van der Waals surface area contributed by atoms with Crippen molar-refractivity contribution in [1.82, 2.24) is 9.55 Å². The molecule has 0 bridgehead atoms. The topological polar surface area (TPSA) is 81.1 Å². The Morgan fingerprint density at radius 2 is 1.58 bits per heavy atom. The average Bonchev–Trinajstić information content (AvgIpc) is 3.27. The molecule has 0 spiro atoms. The predicted octanol–water partition coefficient (Wildman–Crippen LogP) is 6.52. The van der Waals surface area contributed by atoms with E-state index in [1.807, 2.05) is 48.5 Å². The van der Waals surface area contributed by atoms with Crippen molar-refractivity contribution in [3.05, 3.63) is 119 Å². The molecule has 38 heavy (non-hydrogen) atoms. The van der Waals surface area contributed by atoms with E-state index in [9.17, 15) is 13.2 Å². The van der Waals surface area contributed by atoms with Gasteiger partial charge in [-0.3, -0.25) is 4.79 Å². The molecule has 8 heteroatoms. The van der Waals surface area contributed by atoms with Gasteiger partial charge in [-0.25, -0.2) is 13.4 Å². The lowest BCUT2D eigenvalue weighted by molar-refractivity contribution is -0.115. The highest BCUT2D eigenvalue weighted by Crippen LogP contribution is 2.30. The number of carbonyl (C=O) groups is 1. The number of halogens is 1. The van der Waals surface area contributed by atoms with Crippen molar-refractivity contribution >= 4 is 44.1 Å². The van der Waals surface area contributed by atoms with Crippen LogP contribution in [0.5, 0.6) is 0 Å². The van der Waals surface area contributed by atoms with Gasteiger partial charge in [0.15, 0.2) is 15.1 Å². The lowest BCUT2D eigenvalue weighted by atomic mass is 10.1. The number of anilines is 1. The molecule has 6 nitrogen and oxygen atoms in total. The van der Waals surface area contributed by atoms with Crippen molar-refractivity contribution in [3.63, 3.8) is 0 Å². The number of carbonyl (C=O) groups excluding carboxylic acids is 1. The number of sulfone groups is 1. The minimum absolute atomic E-state index is 0.138. The molecule has 192 valence electrons. The zero-order chi connectivity index (χ0) is 26.7. The summed E-state index contributed by atoms with van der Waals surface area (Å²) in [6.07, 6.45) is 0. The maximum atomic E-state index is 13.2. The first kappa shape index (κ1) is 25.7. The summed E-state index contributed by atoms with van der Waals surface area (Å²) >= 11 is 6.31. The molecule has 0 aliphatic heterocycles. The number of imidazole rings is 1. The van der Waals surface area contributed by atoms with Crippen LogP contribution in [0, 0.1) is 0 Å². The van der Waals surface area contributed by atoms with Crippen LogP contribution in [-0.4, -0.2) is 29.6 Å². The molecule has 0 saturated heterocycles. The Bertz CT molecular complexity index is 1680. The molecule has 0 fully saturated rings. The number of nitrogens with one attached hydrogen (secondary N) is 1. The number of benzene rings is 4. The molecule has 5 aromatic rings.